The van der Waals surface area contributed by atoms with Crippen LogP contribution in [0.25, 0.3) is 5.69 Å². The molecule has 0 aliphatic rings. The Labute approximate surface area is 167 Å². The van der Waals surface area contributed by atoms with Gasteiger partial charge in [-0.15, -0.1) is 0 Å². The minimum Gasteiger partial charge on any atom is -0.459 e. The quantitative estimate of drug-likeness (QED) is 0.529. The highest BCUT2D eigenvalue weighted by molar-refractivity contribution is 6.02. The number of hydrogen-bond acceptors (Lipinski definition) is 4. The number of furan rings is 1. The first kappa shape index (κ1) is 18.2. The second-order valence-corrected chi connectivity index (χ2v) is 6.32. The Morgan fingerprint density at radius 3 is 2.45 bits per heavy atom. The predicted molar refractivity (Wildman–Crippen MR) is 108 cm³/mol. The Morgan fingerprint density at radius 1 is 0.931 bits per heavy atom. The second-order valence-electron chi connectivity index (χ2n) is 6.32. The molecule has 0 radical (unpaired) electrons. The number of carbonyl (C=O) groups is 2. The van der Waals surface area contributed by atoms with Gasteiger partial charge in [-0.05, 0) is 42.0 Å². The minimum absolute atomic E-state index is 0.206. The molecule has 0 unspecified atom stereocenters. The minimum atomic E-state index is -0.313. The molecule has 7 heteroatoms. The zero-order chi connectivity index (χ0) is 20.1. The topological polar surface area (TPSA) is 89.2 Å². The number of aromatic nitrogens is 2. The van der Waals surface area contributed by atoms with Crippen LogP contribution >= 0.6 is 0 Å². The van der Waals surface area contributed by atoms with Gasteiger partial charge in [-0.2, -0.15) is 5.10 Å². The molecule has 0 saturated carbocycles. The van der Waals surface area contributed by atoms with Crippen molar-refractivity contribution >= 4 is 17.5 Å². The average molecular weight is 386 g/mol. The third-order valence-corrected chi connectivity index (χ3v) is 4.28. The van der Waals surface area contributed by atoms with Crippen molar-refractivity contribution in [1.29, 1.82) is 0 Å². The van der Waals surface area contributed by atoms with E-state index in [1.165, 1.54) is 12.5 Å². The van der Waals surface area contributed by atoms with Crippen molar-refractivity contribution in [3.05, 3.63) is 102 Å². The molecule has 0 aliphatic carbocycles. The average Bonchev–Trinajstić information content (AvgIpc) is 3.46. The van der Waals surface area contributed by atoms with E-state index in [-0.39, 0.29) is 17.6 Å². The third kappa shape index (κ3) is 4.41. The number of amides is 2. The lowest BCUT2D eigenvalue weighted by Gasteiger charge is -2.06. The largest absolute Gasteiger partial charge is 0.459 e. The van der Waals surface area contributed by atoms with Crippen molar-refractivity contribution in [2.45, 2.75) is 6.54 Å². The van der Waals surface area contributed by atoms with Gasteiger partial charge in [-0.1, -0.05) is 30.3 Å². The van der Waals surface area contributed by atoms with Crippen molar-refractivity contribution in [2.24, 2.45) is 0 Å². The van der Waals surface area contributed by atoms with Crippen molar-refractivity contribution in [2.75, 3.05) is 5.32 Å². The highest BCUT2D eigenvalue weighted by Gasteiger charge is 2.10. The summed E-state index contributed by atoms with van der Waals surface area (Å²) in [5.41, 5.74) is 2.92. The molecular formula is C22H18N4O3. The van der Waals surface area contributed by atoms with Gasteiger partial charge in [-0.3, -0.25) is 9.59 Å². The molecule has 2 aromatic carbocycles. The fourth-order valence-electron chi connectivity index (χ4n) is 2.75. The second kappa shape index (κ2) is 8.26. The lowest BCUT2D eigenvalue weighted by Crippen LogP contribution is -2.22. The van der Waals surface area contributed by atoms with Crippen LogP contribution in [0.3, 0.4) is 0 Å². The van der Waals surface area contributed by atoms with Gasteiger partial charge in [0.05, 0.1) is 23.7 Å². The number of anilines is 1. The van der Waals surface area contributed by atoms with Crippen LogP contribution in [-0.2, 0) is 6.54 Å². The lowest BCUT2D eigenvalue weighted by molar-refractivity contribution is 0.0949. The van der Waals surface area contributed by atoms with Gasteiger partial charge in [0.15, 0.2) is 5.76 Å². The van der Waals surface area contributed by atoms with E-state index in [4.69, 9.17) is 4.42 Å². The van der Waals surface area contributed by atoms with Crippen molar-refractivity contribution in [3.63, 3.8) is 0 Å². The van der Waals surface area contributed by atoms with Gasteiger partial charge in [-0.25, -0.2) is 4.68 Å². The molecule has 0 fully saturated rings. The zero-order valence-corrected chi connectivity index (χ0v) is 15.4. The molecule has 4 rings (SSSR count). The summed E-state index contributed by atoms with van der Waals surface area (Å²) in [5, 5.41) is 9.85. The molecular weight excluding hydrogens is 368 g/mol. The molecule has 2 heterocycles. The Morgan fingerprint density at radius 2 is 1.72 bits per heavy atom. The number of carbonyl (C=O) groups excluding carboxylic acids is 2. The molecule has 2 N–H and O–H groups in total. The van der Waals surface area contributed by atoms with Crippen LogP contribution in [0.2, 0.25) is 0 Å². The van der Waals surface area contributed by atoms with Gasteiger partial charge in [0.25, 0.3) is 11.8 Å². The van der Waals surface area contributed by atoms with Crippen LogP contribution in [0, 0.1) is 0 Å². The summed E-state index contributed by atoms with van der Waals surface area (Å²) in [7, 11) is 0. The van der Waals surface area contributed by atoms with E-state index in [0.29, 0.717) is 17.8 Å². The van der Waals surface area contributed by atoms with E-state index in [9.17, 15) is 9.59 Å². The third-order valence-electron chi connectivity index (χ3n) is 4.28. The fraction of sp³-hybridized carbons (Fsp3) is 0.0455. The van der Waals surface area contributed by atoms with Gasteiger partial charge >= 0.3 is 0 Å². The number of hydrogen-bond donors (Lipinski definition) is 2. The molecule has 2 amide bonds. The van der Waals surface area contributed by atoms with Crippen LogP contribution in [0.5, 0.6) is 0 Å². The van der Waals surface area contributed by atoms with Gasteiger partial charge < -0.3 is 15.1 Å². The summed E-state index contributed by atoms with van der Waals surface area (Å²) < 4.78 is 6.72. The molecule has 29 heavy (non-hydrogen) atoms. The van der Waals surface area contributed by atoms with E-state index in [1.54, 1.807) is 35.1 Å². The maximum Gasteiger partial charge on any atom is 0.291 e. The Balaban J connectivity index is 1.32. The highest BCUT2D eigenvalue weighted by atomic mass is 16.3. The Kier molecular flexibility index (Phi) is 5.20. The molecule has 7 nitrogen and oxygen atoms in total. The maximum absolute atomic E-state index is 12.4. The first-order valence-corrected chi connectivity index (χ1v) is 9.01. The molecule has 0 spiro atoms. The van der Waals surface area contributed by atoms with Gasteiger partial charge in [0.2, 0.25) is 0 Å². The number of nitrogens with zero attached hydrogens (tertiary/aromatic N) is 2. The summed E-state index contributed by atoms with van der Waals surface area (Å²) >= 11 is 0. The van der Waals surface area contributed by atoms with Crippen LogP contribution < -0.4 is 10.6 Å². The Bertz CT molecular complexity index is 1100. The Hall–Kier alpha value is -4.13. The molecule has 4 aromatic rings. The van der Waals surface area contributed by atoms with E-state index < -0.39 is 0 Å². The zero-order valence-electron chi connectivity index (χ0n) is 15.4. The molecule has 2 aromatic heterocycles. The first-order chi connectivity index (χ1) is 14.2. The molecule has 0 aliphatic heterocycles. The summed E-state index contributed by atoms with van der Waals surface area (Å²) in [6, 6.07) is 20.1. The summed E-state index contributed by atoms with van der Waals surface area (Å²) in [4.78, 5) is 24.3. The van der Waals surface area contributed by atoms with Crippen LogP contribution in [0.1, 0.15) is 26.5 Å². The van der Waals surface area contributed by atoms with E-state index in [1.807, 2.05) is 42.5 Å². The van der Waals surface area contributed by atoms with Crippen LogP contribution in [0.4, 0.5) is 5.69 Å². The lowest BCUT2D eigenvalue weighted by atomic mass is 10.2. The molecule has 0 atom stereocenters. The van der Waals surface area contributed by atoms with Gasteiger partial charge in [0, 0.05) is 18.4 Å². The maximum atomic E-state index is 12.4. The standard InChI is InChI=1S/C22H18N4O3/c27-21(17-14-24-26(15-17)19-5-2-1-3-6-19)23-13-16-8-10-18(11-9-16)25-22(28)20-7-4-12-29-20/h1-12,14-15H,13H2,(H,23,27)(H,25,28). The van der Waals surface area contributed by atoms with E-state index >= 15 is 0 Å². The van der Waals surface area contributed by atoms with Crippen molar-refractivity contribution in [3.8, 4) is 5.69 Å². The van der Waals surface area contributed by atoms with Crippen LogP contribution in [-0.4, -0.2) is 21.6 Å². The van der Waals surface area contributed by atoms with E-state index in [0.717, 1.165) is 11.3 Å². The normalized spacial score (nSPS) is 10.5. The summed E-state index contributed by atoms with van der Waals surface area (Å²) in [6.45, 7) is 0.363. The predicted octanol–water partition coefficient (Wildman–Crippen LogP) is 3.65. The summed E-state index contributed by atoms with van der Waals surface area (Å²) in [6.07, 6.45) is 4.68. The smallest absolute Gasteiger partial charge is 0.291 e. The summed E-state index contributed by atoms with van der Waals surface area (Å²) in [5.74, 6) is -0.272. The number of para-hydroxylation sites is 1. The number of nitrogens with one attached hydrogen (secondary N) is 2. The van der Waals surface area contributed by atoms with Crippen molar-refractivity contribution < 1.29 is 14.0 Å². The molecule has 0 saturated heterocycles. The van der Waals surface area contributed by atoms with Gasteiger partial charge in [0.1, 0.15) is 0 Å². The van der Waals surface area contributed by atoms with Crippen LogP contribution in [0.15, 0.2) is 89.8 Å². The molecule has 144 valence electrons. The SMILES string of the molecule is O=C(NCc1ccc(NC(=O)c2ccco2)cc1)c1cnn(-c2ccccc2)c1. The molecule has 0 bridgehead atoms. The highest BCUT2D eigenvalue weighted by Crippen LogP contribution is 2.12. The van der Waals surface area contributed by atoms with Crippen molar-refractivity contribution in [1.82, 2.24) is 15.1 Å². The number of rotatable bonds is 6. The number of benzene rings is 2. The fourth-order valence-corrected chi connectivity index (χ4v) is 2.75. The first-order valence-electron chi connectivity index (χ1n) is 9.01. The van der Waals surface area contributed by atoms with E-state index in [2.05, 4.69) is 15.7 Å². The monoisotopic (exact) mass is 386 g/mol.